The zero-order chi connectivity index (χ0) is 11.7. The maximum absolute atomic E-state index is 5.67. The van der Waals surface area contributed by atoms with Gasteiger partial charge in [-0.15, -0.1) is 0 Å². The fourth-order valence-electron chi connectivity index (χ4n) is 2.10. The molecule has 0 aliphatic rings. The Morgan fingerprint density at radius 1 is 1.13 bits per heavy atom. The van der Waals surface area contributed by atoms with Crippen LogP contribution in [-0.2, 0) is 0 Å². The number of nitrogens with two attached hydrogens (primary N) is 1. The number of nitrogens with zero attached hydrogens (tertiary/aromatic N) is 1. The summed E-state index contributed by atoms with van der Waals surface area (Å²) in [5, 5.41) is 3.36. The highest BCUT2D eigenvalue weighted by Crippen LogP contribution is 2.09. The van der Waals surface area contributed by atoms with Crippen molar-refractivity contribution in [2.75, 3.05) is 26.7 Å². The molecule has 0 aromatic carbocycles. The van der Waals surface area contributed by atoms with E-state index in [1.165, 1.54) is 19.3 Å². The van der Waals surface area contributed by atoms with Crippen LogP contribution in [0.25, 0.3) is 0 Å². The van der Waals surface area contributed by atoms with Gasteiger partial charge in [0.1, 0.15) is 0 Å². The molecule has 0 aliphatic carbocycles. The topological polar surface area (TPSA) is 41.3 Å². The zero-order valence-corrected chi connectivity index (χ0v) is 10.9. The van der Waals surface area contributed by atoms with Gasteiger partial charge in [0.2, 0.25) is 0 Å². The molecule has 3 heteroatoms. The zero-order valence-electron chi connectivity index (χ0n) is 10.9. The summed E-state index contributed by atoms with van der Waals surface area (Å²) < 4.78 is 0. The van der Waals surface area contributed by atoms with E-state index < -0.39 is 0 Å². The van der Waals surface area contributed by atoms with Gasteiger partial charge in [-0.1, -0.05) is 20.8 Å². The van der Waals surface area contributed by atoms with Crippen LogP contribution in [0.4, 0.5) is 0 Å². The van der Waals surface area contributed by atoms with Crippen molar-refractivity contribution in [1.29, 1.82) is 0 Å². The largest absolute Gasteiger partial charge is 0.329 e. The Hall–Kier alpha value is -0.120. The highest BCUT2D eigenvalue weighted by Gasteiger charge is 2.17. The molecule has 0 saturated carbocycles. The predicted molar refractivity (Wildman–Crippen MR) is 68.1 cm³/mol. The van der Waals surface area contributed by atoms with Crippen molar-refractivity contribution >= 4 is 0 Å². The van der Waals surface area contributed by atoms with Gasteiger partial charge in [-0.2, -0.15) is 0 Å². The number of hydrogen-bond donors (Lipinski definition) is 2. The molecule has 0 rings (SSSR count). The van der Waals surface area contributed by atoms with Gasteiger partial charge in [0.25, 0.3) is 0 Å². The van der Waals surface area contributed by atoms with E-state index in [1.54, 1.807) is 0 Å². The van der Waals surface area contributed by atoms with Crippen LogP contribution in [0.5, 0.6) is 0 Å². The molecular formula is C12H29N3. The average Bonchev–Trinajstić information content (AvgIpc) is 2.27. The molecule has 0 heterocycles. The Morgan fingerprint density at radius 2 is 1.73 bits per heavy atom. The molecule has 3 nitrogen and oxygen atoms in total. The minimum absolute atomic E-state index is 0.595. The average molecular weight is 215 g/mol. The van der Waals surface area contributed by atoms with E-state index in [1.807, 2.05) is 7.05 Å². The van der Waals surface area contributed by atoms with Crippen molar-refractivity contribution in [1.82, 2.24) is 10.2 Å². The van der Waals surface area contributed by atoms with Gasteiger partial charge in [-0.25, -0.2) is 0 Å². The highest BCUT2D eigenvalue weighted by molar-refractivity contribution is 4.75. The quantitative estimate of drug-likeness (QED) is 0.611. The molecule has 1 atom stereocenters. The van der Waals surface area contributed by atoms with Crippen LogP contribution >= 0.6 is 0 Å². The SMILES string of the molecule is CCC(CN(CCN)C(CC)CC)NC. The molecule has 0 fully saturated rings. The lowest BCUT2D eigenvalue weighted by atomic mass is 10.1. The van der Waals surface area contributed by atoms with E-state index in [0.717, 1.165) is 19.6 Å². The van der Waals surface area contributed by atoms with E-state index in [0.29, 0.717) is 12.1 Å². The van der Waals surface area contributed by atoms with E-state index in [4.69, 9.17) is 5.73 Å². The first kappa shape index (κ1) is 14.9. The molecule has 0 bridgehead atoms. The summed E-state index contributed by atoms with van der Waals surface area (Å²) in [6.45, 7) is 9.66. The lowest BCUT2D eigenvalue weighted by Gasteiger charge is -2.33. The third kappa shape index (κ3) is 5.50. The van der Waals surface area contributed by atoms with Crippen molar-refractivity contribution in [3.63, 3.8) is 0 Å². The smallest absolute Gasteiger partial charge is 0.0189 e. The Bertz CT molecular complexity index is 131. The fraction of sp³-hybridized carbons (Fsp3) is 1.00. The molecule has 3 N–H and O–H groups in total. The predicted octanol–water partition coefficient (Wildman–Crippen LogP) is 1.43. The van der Waals surface area contributed by atoms with Crippen LogP contribution in [0.1, 0.15) is 40.0 Å². The summed E-state index contributed by atoms with van der Waals surface area (Å²) in [6.07, 6.45) is 3.62. The van der Waals surface area contributed by atoms with Crippen LogP contribution < -0.4 is 11.1 Å². The van der Waals surface area contributed by atoms with Gasteiger partial charge in [0.15, 0.2) is 0 Å². The number of hydrogen-bond acceptors (Lipinski definition) is 3. The van der Waals surface area contributed by atoms with Gasteiger partial charge in [0.05, 0.1) is 0 Å². The van der Waals surface area contributed by atoms with Crippen molar-refractivity contribution in [2.24, 2.45) is 5.73 Å². The van der Waals surface area contributed by atoms with Gasteiger partial charge in [0, 0.05) is 31.7 Å². The highest BCUT2D eigenvalue weighted by atomic mass is 15.2. The summed E-state index contributed by atoms with van der Waals surface area (Å²) in [6, 6.07) is 1.29. The lowest BCUT2D eigenvalue weighted by Crippen LogP contribution is -2.46. The summed E-state index contributed by atoms with van der Waals surface area (Å²) in [5.74, 6) is 0. The van der Waals surface area contributed by atoms with Crippen LogP contribution in [0.3, 0.4) is 0 Å². The molecule has 0 radical (unpaired) electrons. The van der Waals surface area contributed by atoms with Crippen LogP contribution in [0, 0.1) is 0 Å². The number of nitrogens with one attached hydrogen (secondary N) is 1. The first-order valence-corrected chi connectivity index (χ1v) is 6.34. The van der Waals surface area contributed by atoms with E-state index in [-0.39, 0.29) is 0 Å². The maximum Gasteiger partial charge on any atom is 0.0189 e. The molecule has 0 amide bonds. The Kier molecular flexibility index (Phi) is 9.06. The summed E-state index contributed by atoms with van der Waals surface area (Å²) in [7, 11) is 2.04. The molecule has 0 aromatic heterocycles. The minimum Gasteiger partial charge on any atom is -0.329 e. The Morgan fingerprint density at radius 3 is 2.07 bits per heavy atom. The van der Waals surface area contributed by atoms with Gasteiger partial charge >= 0.3 is 0 Å². The van der Waals surface area contributed by atoms with Gasteiger partial charge < -0.3 is 11.1 Å². The van der Waals surface area contributed by atoms with Crippen LogP contribution in [0.15, 0.2) is 0 Å². The summed E-state index contributed by atoms with van der Waals surface area (Å²) >= 11 is 0. The second-order valence-electron chi connectivity index (χ2n) is 4.15. The third-order valence-electron chi connectivity index (χ3n) is 3.23. The molecule has 92 valence electrons. The first-order valence-electron chi connectivity index (χ1n) is 6.34. The number of rotatable bonds is 9. The molecule has 15 heavy (non-hydrogen) atoms. The van der Waals surface area contributed by atoms with E-state index in [9.17, 15) is 0 Å². The molecule has 0 spiro atoms. The second-order valence-corrected chi connectivity index (χ2v) is 4.15. The summed E-state index contributed by atoms with van der Waals surface area (Å²) in [4.78, 5) is 2.53. The molecular weight excluding hydrogens is 186 g/mol. The fourth-order valence-corrected chi connectivity index (χ4v) is 2.10. The molecule has 1 unspecified atom stereocenters. The standard InChI is InChI=1S/C12H29N3/c1-5-11(14-4)10-15(9-8-13)12(6-2)7-3/h11-12,14H,5-10,13H2,1-4H3. The lowest BCUT2D eigenvalue weighted by molar-refractivity contribution is 0.171. The van der Waals surface area contributed by atoms with Crippen molar-refractivity contribution < 1.29 is 0 Å². The van der Waals surface area contributed by atoms with Crippen molar-refractivity contribution in [3.05, 3.63) is 0 Å². The number of likely N-dealkylation sites (N-methyl/N-ethyl adjacent to an activating group) is 1. The third-order valence-corrected chi connectivity index (χ3v) is 3.23. The first-order chi connectivity index (χ1) is 7.23. The monoisotopic (exact) mass is 215 g/mol. The van der Waals surface area contributed by atoms with E-state index in [2.05, 4.69) is 31.0 Å². The molecule has 0 saturated heterocycles. The molecule has 0 aliphatic heterocycles. The van der Waals surface area contributed by atoms with Crippen LogP contribution in [-0.4, -0.2) is 43.7 Å². The normalized spacial score (nSPS) is 13.8. The van der Waals surface area contributed by atoms with E-state index >= 15 is 0 Å². The maximum atomic E-state index is 5.67. The van der Waals surface area contributed by atoms with Crippen LogP contribution in [0.2, 0.25) is 0 Å². The minimum atomic E-state index is 0.595. The van der Waals surface area contributed by atoms with Crippen molar-refractivity contribution in [3.8, 4) is 0 Å². The molecule has 0 aromatic rings. The Labute approximate surface area is 95.4 Å². The van der Waals surface area contributed by atoms with Gasteiger partial charge in [-0.05, 0) is 26.3 Å². The van der Waals surface area contributed by atoms with Gasteiger partial charge in [-0.3, -0.25) is 4.90 Å². The second kappa shape index (κ2) is 9.13. The Balaban J connectivity index is 4.22. The van der Waals surface area contributed by atoms with Crippen molar-refractivity contribution in [2.45, 2.75) is 52.1 Å². The summed E-state index contributed by atoms with van der Waals surface area (Å²) in [5.41, 5.74) is 5.67.